The summed E-state index contributed by atoms with van der Waals surface area (Å²) in [5, 5.41) is 3.59. The lowest BCUT2D eigenvalue weighted by Gasteiger charge is -2.28. The van der Waals surface area contributed by atoms with Crippen molar-refractivity contribution in [3.63, 3.8) is 0 Å². The first-order valence-corrected chi connectivity index (χ1v) is 7.61. The van der Waals surface area contributed by atoms with Gasteiger partial charge in [0.05, 0.1) is 18.5 Å². The van der Waals surface area contributed by atoms with Crippen LogP contribution in [0.25, 0.3) is 0 Å². The molecule has 0 spiro atoms. The van der Waals surface area contributed by atoms with Crippen LogP contribution in [0.2, 0.25) is 0 Å². The van der Waals surface area contributed by atoms with Gasteiger partial charge in [0.1, 0.15) is 0 Å². The van der Waals surface area contributed by atoms with Gasteiger partial charge in [0.25, 0.3) is 0 Å². The molecule has 4 nitrogen and oxygen atoms in total. The van der Waals surface area contributed by atoms with Crippen LogP contribution in [0.3, 0.4) is 0 Å². The molecule has 1 aliphatic carbocycles. The van der Waals surface area contributed by atoms with Crippen LogP contribution in [0.5, 0.6) is 0 Å². The Kier molecular flexibility index (Phi) is 5.80. The summed E-state index contributed by atoms with van der Waals surface area (Å²) in [4.78, 5) is 6.71. The number of hydrogen-bond acceptors (Lipinski definition) is 4. The van der Waals surface area contributed by atoms with Gasteiger partial charge in [0, 0.05) is 39.0 Å². The van der Waals surface area contributed by atoms with Gasteiger partial charge in [-0.15, -0.1) is 0 Å². The topological polar surface area (TPSA) is 37.4 Å². The third kappa shape index (κ3) is 4.76. The van der Waals surface area contributed by atoms with Gasteiger partial charge in [0.2, 0.25) is 0 Å². The predicted octanol–water partition coefficient (Wildman–Crippen LogP) is 2.44. The first kappa shape index (κ1) is 15.3. The molecule has 0 bridgehead atoms. The SMILES string of the molecule is COCCN(CC(C)C)c1cnccc1CNC1CC1. The van der Waals surface area contributed by atoms with Crippen molar-refractivity contribution >= 4 is 5.69 Å². The van der Waals surface area contributed by atoms with E-state index >= 15 is 0 Å². The number of methoxy groups -OCH3 is 1. The Balaban J connectivity index is 2.07. The monoisotopic (exact) mass is 277 g/mol. The molecule has 0 amide bonds. The molecule has 112 valence electrons. The molecule has 0 aromatic carbocycles. The van der Waals surface area contributed by atoms with Gasteiger partial charge in [0.15, 0.2) is 0 Å². The maximum Gasteiger partial charge on any atom is 0.0637 e. The fourth-order valence-electron chi connectivity index (χ4n) is 2.34. The second-order valence-corrected chi connectivity index (χ2v) is 5.99. The van der Waals surface area contributed by atoms with Crippen molar-refractivity contribution < 1.29 is 4.74 Å². The summed E-state index contributed by atoms with van der Waals surface area (Å²) in [7, 11) is 1.76. The van der Waals surface area contributed by atoms with Crippen molar-refractivity contribution in [3.05, 3.63) is 24.0 Å². The average molecular weight is 277 g/mol. The maximum atomic E-state index is 5.25. The Morgan fingerprint density at radius 1 is 1.45 bits per heavy atom. The molecule has 0 aliphatic heterocycles. The van der Waals surface area contributed by atoms with E-state index in [0.29, 0.717) is 5.92 Å². The Morgan fingerprint density at radius 2 is 2.25 bits per heavy atom. The number of ether oxygens (including phenoxy) is 1. The summed E-state index contributed by atoms with van der Waals surface area (Å²) in [6.07, 6.45) is 6.51. The number of pyridine rings is 1. The highest BCUT2D eigenvalue weighted by Gasteiger charge is 2.21. The zero-order valence-corrected chi connectivity index (χ0v) is 12.9. The minimum absolute atomic E-state index is 0.622. The molecule has 1 fully saturated rings. The molecule has 20 heavy (non-hydrogen) atoms. The van der Waals surface area contributed by atoms with Crippen LogP contribution >= 0.6 is 0 Å². The summed E-state index contributed by atoms with van der Waals surface area (Å²) >= 11 is 0. The molecule has 0 saturated heterocycles. The van der Waals surface area contributed by atoms with Crippen molar-refractivity contribution in [1.29, 1.82) is 0 Å². The minimum atomic E-state index is 0.622. The third-order valence-corrected chi connectivity index (χ3v) is 3.54. The molecule has 0 radical (unpaired) electrons. The predicted molar refractivity (Wildman–Crippen MR) is 83.0 cm³/mol. The molecular formula is C16H27N3O. The van der Waals surface area contributed by atoms with E-state index < -0.39 is 0 Å². The summed E-state index contributed by atoms with van der Waals surface area (Å²) in [6, 6.07) is 2.86. The van der Waals surface area contributed by atoms with Crippen LogP contribution in [0, 0.1) is 5.92 Å². The van der Waals surface area contributed by atoms with E-state index in [9.17, 15) is 0 Å². The van der Waals surface area contributed by atoms with Crippen molar-refractivity contribution in [2.75, 3.05) is 31.7 Å². The summed E-state index contributed by atoms with van der Waals surface area (Å²) in [5.74, 6) is 0.622. The molecule has 0 unspecified atom stereocenters. The first-order valence-electron chi connectivity index (χ1n) is 7.61. The highest BCUT2D eigenvalue weighted by atomic mass is 16.5. The molecule has 2 rings (SSSR count). The van der Waals surface area contributed by atoms with Crippen LogP contribution in [0.4, 0.5) is 5.69 Å². The highest BCUT2D eigenvalue weighted by molar-refractivity contribution is 5.51. The van der Waals surface area contributed by atoms with Crippen LogP contribution < -0.4 is 10.2 Å². The molecule has 1 aliphatic rings. The Morgan fingerprint density at radius 3 is 2.90 bits per heavy atom. The summed E-state index contributed by atoms with van der Waals surface area (Å²) in [5.41, 5.74) is 2.58. The second kappa shape index (κ2) is 7.60. The Bertz CT molecular complexity index is 404. The van der Waals surface area contributed by atoms with E-state index in [-0.39, 0.29) is 0 Å². The molecule has 1 N–H and O–H groups in total. The van der Waals surface area contributed by atoms with Gasteiger partial charge in [-0.05, 0) is 30.4 Å². The van der Waals surface area contributed by atoms with Gasteiger partial charge in [-0.1, -0.05) is 13.8 Å². The Hall–Kier alpha value is -1.13. The van der Waals surface area contributed by atoms with Crippen molar-refractivity contribution in [1.82, 2.24) is 10.3 Å². The lowest BCUT2D eigenvalue weighted by Crippen LogP contribution is -2.32. The van der Waals surface area contributed by atoms with Gasteiger partial charge < -0.3 is 15.0 Å². The lowest BCUT2D eigenvalue weighted by molar-refractivity contribution is 0.204. The molecular weight excluding hydrogens is 250 g/mol. The number of nitrogens with one attached hydrogen (secondary N) is 1. The van der Waals surface area contributed by atoms with E-state index in [2.05, 4.69) is 35.1 Å². The van der Waals surface area contributed by atoms with Crippen molar-refractivity contribution in [2.45, 2.75) is 39.3 Å². The van der Waals surface area contributed by atoms with Crippen LogP contribution in [-0.2, 0) is 11.3 Å². The molecule has 4 heteroatoms. The largest absolute Gasteiger partial charge is 0.383 e. The van der Waals surface area contributed by atoms with Gasteiger partial charge in [-0.2, -0.15) is 0 Å². The van der Waals surface area contributed by atoms with Gasteiger partial charge >= 0.3 is 0 Å². The second-order valence-electron chi connectivity index (χ2n) is 5.99. The summed E-state index contributed by atoms with van der Waals surface area (Å²) in [6.45, 7) is 8.13. The van der Waals surface area contributed by atoms with E-state index in [1.807, 2.05) is 12.4 Å². The smallest absolute Gasteiger partial charge is 0.0637 e. The van der Waals surface area contributed by atoms with E-state index in [4.69, 9.17) is 4.74 Å². The number of anilines is 1. The molecule has 0 atom stereocenters. The maximum absolute atomic E-state index is 5.25. The first-order chi connectivity index (χ1) is 9.70. The van der Waals surface area contributed by atoms with Gasteiger partial charge in [-0.25, -0.2) is 0 Å². The molecule has 1 aromatic rings. The van der Waals surface area contributed by atoms with Crippen molar-refractivity contribution in [2.24, 2.45) is 5.92 Å². The number of hydrogen-bond donors (Lipinski definition) is 1. The van der Waals surface area contributed by atoms with Crippen LogP contribution in [0.15, 0.2) is 18.5 Å². The average Bonchev–Trinajstić information content (AvgIpc) is 3.25. The summed E-state index contributed by atoms with van der Waals surface area (Å²) < 4.78 is 5.25. The molecule has 1 aromatic heterocycles. The standard InChI is InChI=1S/C16H27N3O/c1-13(2)12-19(8-9-20-3)16-11-17-7-6-14(16)10-18-15-4-5-15/h6-7,11,13,15,18H,4-5,8-10,12H2,1-3H3. The Labute approximate surface area is 122 Å². The van der Waals surface area contributed by atoms with Crippen molar-refractivity contribution in [3.8, 4) is 0 Å². The number of aromatic nitrogens is 1. The van der Waals surface area contributed by atoms with E-state index in [1.54, 1.807) is 7.11 Å². The fraction of sp³-hybridized carbons (Fsp3) is 0.688. The normalized spacial score (nSPS) is 14.8. The zero-order chi connectivity index (χ0) is 14.4. The molecule has 1 heterocycles. The van der Waals surface area contributed by atoms with Crippen LogP contribution in [0.1, 0.15) is 32.3 Å². The van der Waals surface area contributed by atoms with Crippen LogP contribution in [-0.4, -0.2) is 37.8 Å². The minimum Gasteiger partial charge on any atom is -0.383 e. The van der Waals surface area contributed by atoms with E-state index in [0.717, 1.165) is 32.3 Å². The third-order valence-electron chi connectivity index (χ3n) is 3.54. The fourth-order valence-corrected chi connectivity index (χ4v) is 2.34. The number of nitrogens with zero attached hydrogens (tertiary/aromatic N) is 2. The van der Waals surface area contributed by atoms with E-state index in [1.165, 1.54) is 24.1 Å². The highest BCUT2D eigenvalue weighted by Crippen LogP contribution is 2.23. The van der Waals surface area contributed by atoms with Gasteiger partial charge in [-0.3, -0.25) is 4.98 Å². The lowest BCUT2D eigenvalue weighted by atomic mass is 10.1. The number of rotatable bonds is 9. The molecule has 1 saturated carbocycles. The zero-order valence-electron chi connectivity index (χ0n) is 12.9. The quantitative estimate of drug-likeness (QED) is 0.752.